The lowest BCUT2D eigenvalue weighted by Gasteiger charge is -2.27. The number of urea groups is 1. The first-order valence-corrected chi connectivity index (χ1v) is 6.72. The van der Waals surface area contributed by atoms with Gasteiger partial charge in [-0.05, 0) is 31.1 Å². The molecule has 0 aliphatic heterocycles. The van der Waals surface area contributed by atoms with E-state index < -0.39 is 0 Å². The van der Waals surface area contributed by atoms with Crippen molar-refractivity contribution in [3.8, 4) is 0 Å². The second-order valence-electron chi connectivity index (χ2n) is 5.02. The number of carbonyl (C=O) groups excluding carboxylic acids is 2. The fourth-order valence-corrected chi connectivity index (χ4v) is 2.58. The second kappa shape index (κ2) is 7.40. The molecule has 0 bridgehead atoms. The summed E-state index contributed by atoms with van der Waals surface area (Å²) in [6.07, 6.45) is 7.29. The van der Waals surface area contributed by atoms with E-state index in [-0.39, 0.29) is 6.03 Å². The molecule has 108 valence electrons. The van der Waals surface area contributed by atoms with Gasteiger partial charge in [0.05, 0.1) is 12.7 Å². The average Bonchev–Trinajstić information content (AvgIpc) is 2.96. The maximum atomic E-state index is 11.6. The lowest BCUT2D eigenvalue weighted by molar-refractivity contribution is 0.239. The van der Waals surface area contributed by atoms with E-state index in [0.717, 1.165) is 25.7 Å². The largest absolute Gasteiger partial charge is 0.338 e. The maximum absolute atomic E-state index is 11.6. The number of nitrogens with one attached hydrogen (secondary N) is 3. The van der Waals surface area contributed by atoms with Gasteiger partial charge in [-0.15, -0.1) is 5.10 Å². The fourth-order valence-electron chi connectivity index (χ4n) is 2.58. The number of amides is 2. The first-order chi connectivity index (χ1) is 9.78. The zero-order valence-corrected chi connectivity index (χ0v) is 11.1. The Morgan fingerprint density at radius 1 is 1.50 bits per heavy atom. The average molecular weight is 278 g/mol. The number of nitrogens with zero attached hydrogens (tertiary/aromatic N) is 3. The van der Waals surface area contributed by atoms with E-state index in [1.807, 2.05) is 0 Å². The Labute approximate surface area is 116 Å². The quantitative estimate of drug-likeness (QED) is 0.552. The molecule has 1 fully saturated rings. The Bertz CT molecular complexity index is 468. The predicted octanol–water partition coefficient (Wildman–Crippen LogP) is 1.07. The second-order valence-corrected chi connectivity index (χ2v) is 5.02. The Kier molecular flexibility index (Phi) is 5.25. The van der Waals surface area contributed by atoms with Crippen LogP contribution in [-0.2, 0) is 4.79 Å². The van der Waals surface area contributed by atoms with Crippen molar-refractivity contribution in [2.24, 2.45) is 16.8 Å². The summed E-state index contributed by atoms with van der Waals surface area (Å²) in [6.45, 7) is 1.16. The van der Waals surface area contributed by atoms with Crippen molar-refractivity contribution >= 4 is 17.9 Å². The van der Waals surface area contributed by atoms with Gasteiger partial charge in [0.2, 0.25) is 6.08 Å². The molecule has 20 heavy (non-hydrogen) atoms. The van der Waals surface area contributed by atoms with E-state index >= 15 is 0 Å². The first-order valence-electron chi connectivity index (χ1n) is 6.72. The topological polar surface area (TPSA) is 112 Å². The normalized spacial score (nSPS) is 21.8. The molecule has 1 aliphatic rings. The summed E-state index contributed by atoms with van der Waals surface area (Å²) in [7, 11) is 0. The highest BCUT2D eigenvalue weighted by Gasteiger charge is 2.22. The van der Waals surface area contributed by atoms with Crippen LogP contribution in [0.4, 0.5) is 10.6 Å². The van der Waals surface area contributed by atoms with E-state index in [2.05, 4.69) is 31.0 Å². The molecule has 8 nitrogen and oxygen atoms in total. The molecule has 0 radical (unpaired) electrons. The highest BCUT2D eigenvalue weighted by atomic mass is 16.2. The van der Waals surface area contributed by atoms with Gasteiger partial charge in [-0.1, -0.05) is 6.42 Å². The lowest BCUT2D eigenvalue weighted by Crippen LogP contribution is -2.35. The highest BCUT2D eigenvalue weighted by molar-refractivity contribution is 5.87. The molecule has 1 heterocycles. The molecule has 2 unspecified atom stereocenters. The van der Waals surface area contributed by atoms with Crippen LogP contribution in [-0.4, -0.2) is 40.6 Å². The fraction of sp³-hybridized carbons (Fsp3) is 0.667. The summed E-state index contributed by atoms with van der Waals surface area (Å²) in [5, 5.41) is 15.2. The van der Waals surface area contributed by atoms with Crippen molar-refractivity contribution in [1.82, 2.24) is 20.7 Å². The van der Waals surface area contributed by atoms with Crippen LogP contribution in [0.25, 0.3) is 0 Å². The van der Waals surface area contributed by atoms with Gasteiger partial charge in [0.25, 0.3) is 0 Å². The molecule has 0 aromatic carbocycles. The number of aromatic nitrogens is 3. The van der Waals surface area contributed by atoms with Crippen LogP contribution in [0.2, 0.25) is 0 Å². The molecule has 1 aromatic rings. The van der Waals surface area contributed by atoms with E-state index in [0.29, 0.717) is 30.7 Å². The van der Waals surface area contributed by atoms with Crippen LogP contribution in [0.3, 0.4) is 0 Å². The van der Waals surface area contributed by atoms with Gasteiger partial charge in [-0.25, -0.2) is 14.6 Å². The number of carbonyl (C=O) groups is 1. The van der Waals surface area contributed by atoms with E-state index in [4.69, 9.17) is 0 Å². The smallest absolute Gasteiger partial charge is 0.320 e. The summed E-state index contributed by atoms with van der Waals surface area (Å²) in [4.78, 5) is 25.4. The molecular formula is C12H18N6O2. The van der Waals surface area contributed by atoms with Gasteiger partial charge in [0.15, 0.2) is 5.82 Å². The number of hydrogen-bond acceptors (Lipinski definition) is 5. The van der Waals surface area contributed by atoms with Gasteiger partial charge in [-0.3, -0.25) is 5.32 Å². The molecule has 2 rings (SSSR count). The summed E-state index contributed by atoms with van der Waals surface area (Å²) in [5.41, 5.74) is 0. The monoisotopic (exact) mass is 278 g/mol. The van der Waals surface area contributed by atoms with Crippen LogP contribution in [0, 0.1) is 11.8 Å². The molecular weight excluding hydrogens is 260 g/mol. The van der Waals surface area contributed by atoms with Crippen molar-refractivity contribution in [2.75, 3.05) is 18.4 Å². The van der Waals surface area contributed by atoms with Crippen molar-refractivity contribution in [3.05, 3.63) is 6.20 Å². The summed E-state index contributed by atoms with van der Waals surface area (Å²) >= 11 is 0. The molecule has 0 spiro atoms. The Morgan fingerprint density at radius 3 is 3.10 bits per heavy atom. The minimum atomic E-state index is -0.285. The molecule has 2 atom stereocenters. The number of aliphatic imine (C=N–C) groups is 1. The SMILES string of the molecule is O=C=NCC1CCCC(CNC(=O)Nc2cn[nH]n2)C1. The van der Waals surface area contributed by atoms with E-state index in [1.54, 1.807) is 6.08 Å². The Balaban J connectivity index is 1.70. The van der Waals surface area contributed by atoms with Crippen LogP contribution in [0.15, 0.2) is 11.2 Å². The molecule has 3 N–H and O–H groups in total. The molecule has 0 saturated heterocycles. The summed E-state index contributed by atoms with van der Waals surface area (Å²) in [6, 6.07) is -0.285. The van der Waals surface area contributed by atoms with Gasteiger partial charge in [-0.2, -0.15) is 10.3 Å². The van der Waals surface area contributed by atoms with Crippen molar-refractivity contribution in [2.45, 2.75) is 25.7 Å². The summed E-state index contributed by atoms with van der Waals surface area (Å²) < 4.78 is 0. The van der Waals surface area contributed by atoms with Crippen molar-refractivity contribution < 1.29 is 9.59 Å². The summed E-state index contributed by atoms with van der Waals surface area (Å²) in [5.74, 6) is 1.25. The molecule has 2 amide bonds. The maximum Gasteiger partial charge on any atom is 0.320 e. The first kappa shape index (κ1) is 14.2. The van der Waals surface area contributed by atoms with Crippen LogP contribution in [0.5, 0.6) is 0 Å². The van der Waals surface area contributed by atoms with Gasteiger partial charge >= 0.3 is 6.03 Å². The third kappa shape index (κ3) is 4.47. The zero-order chi connectivity index (χ0) is 14.2. The van der Waals surface area contributed by atoms with Gasteiger partial charge < -0.3 is 5.32 Å². The zero-order valence-electron chi connectivity index (χ0n) is 11.1. The lowest BCUT2D eigenvalue weighted by atomic mass is 9.81. The Hall–Kier alpha value is -2.21. The van der Waals surface area contributed by atoms with Crippen LogP contribution >= 0.6 is 0 Å². The van der Waals surface area contributed by atoms with Gasteiger partial charge in [0.1, 0.15) is 0 Å². The number of rotatable bonds is 5. The number of hydrogen-bond donors (Lipinski definition) is 3. The molecule has 1 aliphatic carbocycles. The number of anilines is 1. The minimum absolute atomic E-state index is 0.285. The molecule has 1 aromatic heterocycles. The number of aromatic amines is 1. The third-order valence-electron chi connectivity index (χ3n) is 3.51. The number of isocyanates is 1. The highest BCUT2D eigenvalue weighted by Crippen LogP contribution is 2.28. The van der Waals surface area contributed by atoms with Crippen LogP contribution in [0.1, 0.15) is 25.7 Å². The van der Waals surface area contributed by atoms with Crippen molar-refractivity contribution in [1.29, 1.82) is 0 Å². The van der Waals surface area contributed by atoms with E-state index in [1.165, 1.54) is 6.20 Å². The molecule has 8 heteroatoms. The standard InChI is InChI=1S/C12H18N6O2/c19-8-13-5-9-2-1-3-10(4-9)6-14-12(20)16-11-7-15-18-17-11/h7,9-10H,1-6H2,(H3,14,15,16,17,18,20). The molecule has 1 saturated carbocycles. The minimum Gasteiger partial charge on any atom is -0.338 e. The van der Waals surface area contributed by atoms with Crippen LogP contribution < -0.4 is 10.6 Å². The van der Waals surface area contributed by atoms with Crippen molar-refractivity contribution in [3.63, 3.8) is 0 Å². The van der Waals surface area contributed by atoms with Gasteiger partial charge in [0, 0.05) is 6.54 Å². The third-order valence-corrected chi connectivity index (χ3v) is 3.51. The number of H-pyrrole nitrogens is 1. The predicted molar refractivity (Wildman–Crippen MR) is 71.8 cm³/mol. The Morgan fingerprint density at radius 2 is 2.35 bits per heavy atom. The van der Waals surface area contributed by atoms with E-state index in [9.17, 15) is 9.59 Å².